The first-order valence-electron chi connectivity index (χ1n) is 5.52. The smallest absolute Gasteiger partial charge is 0.233 e. The summed E-state index contributed by atoms with van der Waals surface area (Å²) in [7, 11) is 0. The molecule has 1 N–H and O–H groups in total. The van der Waals surface area contributed by atoms with Crippen molar-refractivity contribution < 1.29 is 14.7 Å². The molecule has 1 aliphatic rings. The van der Waals surface area contributed by atoms with Crippen molar-refractivity contribution in [3.8, 4) is 0 Å². The second-order valence-corrected chi connectivity index (χ2v) is 4.20. The Morgan fingerprint density at radius 1 is 1.27 bits per heavy atom. The molecule has 1 saturated heterocycles. The monoisotopic (exact) mass is 213 g/mol. The van der Waals surface area contributed by atoms with E-state index in [1.807, 2.05) is 6.92 Å². The summed E-state index contributed by atoms with van der Waals surface area (Å²) in [6, 6.07) is -0.137. The Morgan fingerprint density at radius 2 is 1.73 bits per heavy atom. The molecule has 0 radical (unpaired) electrons. The van der Waals surface area contributed by atoms with Crippen LogP contribution < -0.4 is 0 Å². The van der Waals surface area contributed by atoms with Crippen LogP contribution >= 0.6 is 0 Å². The van der Waals surface area contributed by atoms with Gasteiger partial charge in [-0.2, -0.15) is 0 Å². The van der Waals surface area contributed by atoms with Crippen molar-refractivity contribution in [1.29, 1.82) is 0 Å². The molecule has 15 heavy (non-hydrogen) atoms. The highest BCUT2D eigenvalue weighted by Gasteiger charge is 2.44. The van der Waals surface area contributed by atoms with E-state index in [2.05, 4.69) is 0 Å². The summed E-state index contributed by atoms with van der Waals surface area (Å²) in [5.74, 6) is -0.615. The van der Waals surface area contributed by atoms with Crippen molar-refractivity contribution in [3.05, 3.63) is 0 Å². The maximum atomic E-state index is 11.8. The van der Waals surface area contributed by atoms with Crippen molar-refractivity contribution >= 4 is 11.8 Å². The third-order valence-electron chi connectivity index (χ3n) is 3.30. The van der Waals surface area contributed by atoms with E-state index in [-0.39, 0.29) is 36.3 Å². The van der Waals surface area contributed by atoms with Gasteiger partial charge in [0.2, 0.25) is 11.8 Å². The zero-order valence-electron chi connectivity index (χ0n) is 9.56. The second kappa shape index (κ2) is 4.75. The summed E-state index contributed by atoms with van der Waals surface area (Å²) >= 11 is 0. The van der Waals surface area contributed by atoms with Crippen LogP contribution in [-0.4, -0.2) is 34.5 Å². The van der Waals surface area contributed by atoms with Crippen molar-refractivity contribution in [2.45, 2.75) is 39.7 Å². The molecular formula is C11H19NO3. The molecule has 1 heterocycles. The molecule has 1 rings (SSSR count). The third-order valence-corrected chi connectivity index (χ3v) is 3.30. The summed E-state index contributed by atoms with van der Waals surface area (Å²) in [6.07, 6.45) is 1.19. The normalized spacial score (nSPS) is 28.7. The van der Waals surface area contributed by atoms with E-state index in [0.29, 0.717) is 12.8 Å². The molecule has 1 fully saturated rings. The first kappa shape index (κ1) is 12.2. The fraction of sp³-hybridized carbons (Fsp3) is 0.818. The largest absolute Gasteiger partial charge is 0.396 e. The quantitative estimate of drug-likeness (QED) is 0.702. The first-order chi connectivity index (χ1) is 7.04. The standard InChI is InChI=1S/C11H19NO3/c1-4-9(5-6-13)12-10(14)7(2)8(3)11(12)15/h7-9,13H,4-6H2,1-3H3. The number of rotatable bonds is 4. The summed E-state index contributed by atoms with van der Waals surface area (Å²) in [6.45, 7) is 5.51. The Hall–Kier alpha value is -0.900. The van der Waals surface area contributed by atoms with E-state index < -0.39 is 0 Å². The van der Waals surface area contributed by atoms with Crippen LogP contribution in [0.15, 0.2) is 0 Å². The van der Waals surface area contributed by atoms with Crippen LogP contribution in [0.3, 0.4) is 0 Å². The molecule has 0 aliphatic carbocycles. The van der Waals surface area contributed by atoms with Gasteiger partial charge in [-0.15, -0.1) is 0 Å². The predicted molar refractivity (Wildman–Crippen MR) is 56.0 cm³/mol. The molecule has 0 aromatic carbocycles. The second-order valence-electron chi connectivity index (χ2n) is 4.20. The summed E-state index contributed by atoms with van der Waals surface area (Å²) in [4.78, 5) is 25.0. The molecular weight excluding hydrogens is 194 g/mol. The Labute approximate surface area is 90.3 Å². The highest BCUT2D eigenvalue weighted by Crippen LogP contribution is 2.28. The minimum Gasteiger partial charge on any atom is -0.396 e. The highest BCUT2D eigenvalue weighted by atomic mass is 16.3. The Bertz CT molecular complexity index is 245. The van der Waals surface area contributed by atoms with Gasteiger partial charge in [-0.1, -0.05) is 20.8 Å². The number of aliphatic hydroxyl groups excluding tert-OH is 1. The average Bonchev–Trinajstić information content (AvgIpc) is 2.41. The van der Waals surface area contributed by atoms with E-state index in [4.69, 9.17) is 5.11 Å². The number of amides is 2. The molecule has 0 bridgehead atoms. The number of carbonyl (C=O) groups is 2. The van der Waals surface area contributed by atoms with Crippen molar-refractivity contribution in [3.63, 3.8) is 0 Å². The van der Waals surface area contributed by atoms with E-state index in [0.717, 1.165) is 0 Å². The van der Waals surface area contributed by atoms with E-state index in [1.165, 1.54) is 4.90 Å². The fourth-order valence-corrected chi connectivity index (χ4v) is 2.00. The van der Waals surface area contributed by atoms with Crippen molar-refractivity contribution in [2.24, 2.45) is 11.8 Å². The van der Waals surface area contributed by atoms with E-state index in [9.17, 15) is 9.59 Å². The molecule has 3 unspecified atom stereocenters. The number of imide groups is 1. The van der Waals surface area contributed by atoms with Gasteiger partial charge in [0.15, 0.2) is 0 Å². The number of hydrogen-bond acceptors (Lipinski definition) is 3. The number of likely N-dealkylation sites (tertiary alicyclic amines) is 1. The molecule has 86 valence electrons. The van der Waals surface area contributed by atoms with Crippen molar-refractivity contribution in [1.82, 2.24) is 4.90 Å². The lowest BCUT2D eigenvalue weighted by atomic mass is 10.00. The lowest BCUT2D eigenvalue weighted by Gasteiger charge is -2.24. The van der Waals surface area contributed by atoms with Gasteiger partial charge in [-0.25, -0.2) is 0 Å². The number of aliphatic hydroxyl groups is 1. The van der Waals surface area contributed by atoms with Crippen LogP contribution in [-0.2, 0) is 9.59 Å². The maximum Gasteiger partial charge on any atom is 0.233 e. The Balaban J connectivity index is 2.84. The third kappa shape index (κ3) is 2.04. The summed E-state index contributed by atoms with van der Waals surface area (Å²) < 4.78 is 0. The summed E-state index contributed by atoms with van der Waals surface area (Å²) in [5, 5.41) is 8.88. The van der Waals surface area contributed by atoms with Gasteiger partial charge in [0, 0.05) is 24.5 Å². The van der Waals surface area contributed by atoms with Gasteiger partial charge in [0.05, 0.1) is 0 Å². The number of hydrogen-bond donors (Lipinski definition) is 1. The van der Waals surface area contributed by atoms with Gasteiger partial charge in [-0.05, 0) is 12.8 Å². The molecule has 2 amide bonds. The Morgan fingerprint density at radius 3 is 2.07 bits per heavy atom. The fourth-order valence-electron chi connectivity index (χ4n) is 2.00. The summed E-state index contributed by atoms with van der Waals surface area (Å²) in [5.41, 5.74) is 0. The minimum absolute atomic E-state index is 0.0122. The van der Waals surface area contributed by atoms with Crippen LogP contribution in [0, 0.1) is 11.8 Å². The van der Waals surface area contributed by atoms with Crippen LogP contribution in [0.4, 0.5) is 0 Å². The lowest BCUT2D eigenvalue weighted by molar-refractivity contribution is -0.142. The van der Waals surface area contributed by atoms with Crippen LogP contribution in [0.5, 0.6) is 0 Å². The van der Waals surface area contributed by atoms with Gasteiger partial charge in [0.25, 0.3) is 0 Å². The van der Waals surface area contributed by atoms with E-state index >= 15 is 0 Å². The molecule has 4 nitrogen and oxygen atoms in total. The maximum absolute atomic E-state index is 11.8. The zero-order valence-corrected chi connectivity index (χ0v) is 9.56. The van der Waals surface area contributed by atoms with Gasteiger partial charge in [-0.3, -0.25) is 14.5 Å². The number of nitrogens with zero attached hydrogens (tertiary/aromatic N) is 1. The Kier molecular flexibility index (Phi) is 3.85. The van der Waals surface area contributed by atoms with Crippen LogP contribution in [0.25, 0.3) is 0 Å². The topological polar surface area (TPSA) is 57.6 Å². The molecule has 3 atom stereocenters. The highest BCUT2D eigenvalue weighted by molar-refractivity contribution is 6.05. The molecule has 0 aromatic heterocycles. The van der Waals surface area contributed by atoms with Crippen LogP contribution in [0.1, 0.15) is 33.6 Å². The van der Waals surface area contributed by atoms with Gasteiger partial charge in [0.1, 0.15) is 0 Å². The SMILES string of the molecule is CCC(CCO)N1C(=O)C(C)C(C)C1=O. The van der Waals surface area contributed by atoms with Crippen LogP contribution in [0.2, 0.25) is 0 Å². The van der Waals surface area contributed by atoms with Gasteiger partial charge >= 0.3 is 0 Å². The van der Waals surface area contributed by atoms with E-state index in [1.54, 1.807) is 13.8 Å². The molecule has 0 aromatic rings. The minimum atomic E-state index is -0.217. The van der Waals surface area contributed by atoms with Gasteiger partial charge < -0.3 is 5.11 Å². The molecule has 1 aliphatic heterocycles. The zero-order chi connectivity index (χ0) is 11.6. The lowest BCUT2D eigenvalue weighted by Crippen LogP contribution is -2.40. The average molecular weight is 213 g/mol. The first-order valence-corrected chi connectivity index (χ1v) is 5.52. The molecule has 4 heteroatoms. The van der Waals surface area contributed by atoms with Crippen molar-refractivity contribution in [2.75, 3.05) is 6.61 Å². The predicted octanol–water partition coefficient (Wildman–Crippen LogP) is 0.788. The number of carbonyl (C=O) groups excluding carboxylic acids is 2. The molecule has 0 spiro atoms. The molecule has 0 saturated carbocycles.